The molecule has 2 aromatic carbocycles. The summed E-state index contributed by atoms with van der Waals surface area (Å²) in [5.74, 6) is -0.984. The van der Waals surface area contributed by atoms with Crippen LogP contribution in [0.15, 0.2) is 53.4 Å². The van der Waals surface area contributed by atoms with E-state index in [0.29, 0.717) is 17.3 Å². The van der Waals surface area contributed by atoms with Gasteiger partial charge in [-0.15, -0.1) is 11.8 Å². The summed E-state index contributed by atoms with van der Waals surface area (Å²) in [6, 6.07) is 12.5. The fourth-order valence-corrected chi connectivity index (χ4v) is 3.17. The van der Waals surface area contributed by atoms with Crippen LogP contribution >= 0.6 is 11.8 Å². The normalized spacial score (nSPS) is 14.0. The van der Waals surface area contributed by atoms with Crippen LogP contribution in [0.5, 0.6) is 0 Å². The van der Waals surface area contributed by atoms with Crippen LogP contribution in [0, 0.1) is 0 Å². The van der Waals surface area contributed by atoms with E-state index < -0.39 is 5.97 Å². The van der Waals surface area contributed by atoms with Crippen LogP contribution in [0.25, 0.3) is 6.08 Å². The number of benzene rings is 2. The van der Waals surface area contributed by atoms with E-state index in [1.165, 1.54) is 40.3 Å². The first kappa shape index (κ1) is 19.0. The number of rotatable bonds is 3. The van der Waals surface area contributed by atoms with Crippen molar-refractivity contribution < 1.29 is 14.7 Å². The highest BCUT2D eigenvalue weighted by atomic mass is 32.2. The third kappa shape index (κ3) is 4.83. The molecule has 0 aromatic heterocycles. The second kappa shape index (κ2) is 8.17. The van der Waals surface area contributed by atoms with E-state index in [0.717, 1.165) is 6.42 Å². The highest BCUT2D eigenvalue weighted by molar-refractivity contribution is 7.98. The Labute approximate surface area is 152 Å². The molecule has 3 rings (SSSR count). The topological polar surface area (TPSA) is 54.4 Å². The lowest BCUT2D eigenvalue weighted by Crippen LogP contribution is -2.19. The maximum Gasteiger partial charge on any atom is 0.335 e. The van der Waals surface area contributed by atoms with Gasteiger partial charge in [0, 0.05) is 10.5 Å². The average Bonchev–Trinajstić information content (AvgIpc) is 2.61. The standard InChI is InChI=1S/C13H16S.C8H6O3/c1-13(2)8-4-5-10-9-11(14-3)6-7-12(10)13;9-5-6-1-3-7(4-2-6)8(10)11/h4-7,9H,8H2,1-3H3;1-5H,(H,10,11). The van der Waals surface area contributed by atoms with Gasteiger partial charge in [0.1, 0.15) is 6.29 Å². The number of hydrogen-bond donors (Lipinski definition) is 1. The first-order valence-corrected chi connectivity index (χ1v) is 9.23. The second-order valence-corrected chi connectivity index (χ2v) is 7.37. The SMILES string of the molecule is CSc1ccc2c(c1)C=CCC2(C)C.O=Cc1ccc(C(=O)O)cc1. The first-order valence-electron chi connectivity index (χ1n) is 8.01. The van der Waals surface area contributed by atoms with Gasteiger partial charge in [-0.05, 0) is 53.5 Å². The van der Waals surface area contributed by atoms with Crippen molar-refractivity contribution in [3.8, 4) is 0 Å². The molecule has 2 aromatic rings. The van der Waals surface area contributed by atoms with E-state index in [1.807, 2.05) is 11.8 Å². The maximum atomic E-state index is 10.3. The van der Waals surface area contributed by atoms with Gasteiger partial charge in [-0.3, -0.25) is 4.79 Å². The summed E-state index contributed by atoms with van der Waals surface area (Å²) in [5.41, 5.74) is 3.86. The van der Waals surface area contributed by atoms with E-state index >= 15 is 0 Å². The Bertz CT molecular complexity index is 789. The highest BCUT2D eigenvalue weighted by Crippen LogP contribution is 2.36. The van der Waals surface area contributed by atoms with Crippen molar-refractivity contribution in [2.75, 3.05) is 6.26 Å². The Balaban J connectivity index is 0.000000186. The van der Waals surface area contributed by atoms with Gasteiger partial charge in [0.2, 0.25) is 0 Å². The van der Waals surface area contributed by atoms with Crippen LogP contribution in [0.3, 0.4) is 0 Å². The van der Waals surface area contributed by atoms with Gasteiger partial charge in [-0.2, -0.15) is 0 Å². The maximum absolute atomic E-state index is 10.3. The van der Waals surface area contributed by atoms with Crippen molar-refractivity contribution in [1.29, 1.82) is 0 Å². The summed E-state index contributed by atoms with van der Waals surface area (Å²) in [6.45, 7) is 4.63. The summed E-state index contributed by atoms with van der Waals surface area (Å²) in [4.78, 5) is 21.8. The highest BCUT2D eigenvalue weighted by Gasteiger charge is 2.24. The van der Waals surface area contributed by atoms with Crippen molar-refractivity contribution in [3.05, 3.63) is 70.8 Å². The zero-order chi connectivity index (χ0) is 18.4. The molecule has 0 saturated carbocycles. The summed E-state index contributed by atoms with van der Waals surface area (Å²) in [7, 11) is 0. The van der Waals surface area contributed by atoms with E-state index in [2.05, 4.69) is 50.5 Å². The number of allylic oxidation sites excluding steroid dienone is 1. The molecule has 1 aliphatic rings. The third-order valence-corrected chi connectivity index (χ3v) is 4.93. The van der Waals surface area contributed by atoms with E-state index in [4.69, 9.17) is 5.11 Å². The summed E-state index contributed by atoms with van der Waals surface area (Å²) in [5, 5.41) is 8.46. The van der Waals surface area contributed by atoms with E-state index in [-0.39, 0.29) is 5.56 Å². The fourth-order valence-electron chi connectivity index (χ4n) is 2.72. The van der Waals surface area contributed by atoms with Crippen LogP contribution in [0.4, 0.5) is 0 Å². The fraction of sp³-hybridized carbons (Fsp3) is 0.238. The van der Waals surface area contributed by atoms with Gasteiger partial charge >= 0.3 is 5.97 Å². The lowest BCUT2D eigenvalue weighted by molar-refractivity contribution is 0.0696. The molecule has 130 valence electrons. The zero-order valence-electron chi connectivity index (χ0n) is 14.7. The number of thioether (sulfide) groups is 1. The molecule has 0 atom stereocenters. The predicted octanol–water partition coefficient (Wildman–Crippen LogP) is 5.30. The van der Waals surface area contributed by atoms with Gasteiger partial charge in [-0.1, -0.05) is 44.2 Å². The number of aromatic carboxylic acids is 1. The molecule has 0 heterocycles. The van der Waals surface area contributed by atoms with Crippen LogP contribution in [0.1, 0.15) is 52.1 Å². The molecule has 0 unspecified atom stereocenters. The van der Waals surface area contributed by atoms with Gasteiger partial charge in [0.05, 0.1) is 5.56 Å². The molecular weight excluding hydrogens is 332 g/mol. The number of carboxylic acids is 1. The molecular formula is C21H22O3S. The minimum atomic E-state index is -0.984. The molecule has 25 heavy (non-hydrogen) atoms. The largest absolute Gasteiger partial charge is 0.478 e. The van der Waals surface area contributed by atoms with Gasteiger partial charge in [-0.25, -0.2) is 4.79 Å². The molecule has 0 spiro atoms. The summed E-state index contributed by atoms with van der Waals surface area (Å²) < 4.78 is 0. The summed E-state index contributed by atoms with van der Waals surface area (Å²) >= 11 is 1.81. The molecule has 0 fully saturated rings. The van der Waals surface area contributed by atoms with Crippen molar-refractivity contribution in [1.82, 2.24) is 0 Å². The monoisotopic (exact) mass is 354 g/mol. The predicted molar refractivity (Wildman–Crippen MR) is 104 cm³/mol. The minimum Gasteiger partial charge on any atom is -0.478 e. The average molecular weight is 354 g/mol. The van der Waals surface area contributed by atoms with Crippen molar-refractivity contribution >= 4 is 30.1 Å². The summed E-state index contributed by atoms with van der Waals surface area (Å²) in [6.07, 6.45) is 8.48. The third-order valence-electron chi connectivity index (χ3n) is 4.21. The number of carboxylic acid groups (broad SMARTS) is 1. The van der Waals surface area contributed by atoms with E-state index in [9.17, 15) is 9.59 Å². The molecule has 0 saturated heterocycles. The smallest absolute Gasteiger partial charge is 0.335 e. The van der Waals surface area contributed by atoms with Crippen LogP contribution < -0.4 is 0 Å². The van der Waals surface area contributed by atoms with Crippen LogP contribution in [-0.2, 0) is 5.41 Å². The number of carbonyl (C=O) groups is 2. The Morgan fingerprint density at radius 3 is 2.40 bits per heavy atom. The van der Waals surface area contributed by atoms with Crippen molar-refractivity contribution in [2.24, 2.45) is 0 Å². The van der Waals surface area contributed by atoms with Gasteiger partial charge in [0.15, 0.2) is 0 Å². The molecule has 3 nitrogen and oxygen atoms in total. The van der Waals surface area contributed by atoms with Crippen molar-refractivity contribution in [2.45, 2.75) is 30.6 Å². The Morgan fingerprint density at radius 2 is 1.84 bits per heavy atom. The number of hydrogen-bond acceptors (Lipinski definition) is 3. The second-order valence-electron chi connectivity index (χ2n) is 6.49. The molecule has 0 aliphatic heterocycles. The van der Waals surface area contributed by atoms with Gasteiger partial charge in [0.25, 0.3) is 0 Å². The zero-order valence-corrected chi connectivity index (χ0v) is 15.5. The number of aldehydes is 1. The van der Waals surface area contributed by atoms with E-state index in [1.54, 1.807) is 0 Å². The Morgan fingerprint density at radius 1 is 1.16 bits per heavy atom. The molecule has 0 radical (unpaired) electrons. The molecule has 0 amide bonds. The lowest BCUT2D eigenvalue weighted by atomic mass is 9.76. The Kier molecular flexibility index (Phi) is 6.21. The Hall–Kier alpha value is -2.33. The molecule has 4 heteroatoms. The molecule has 1 aliphatic carbocycles. The van der Waals surface area contributed by atoms with Crippen LogP contribution in [0.2, 0.25) is 0 Å². The molecule has 0 bridgehead atoms. The number of carbonyl (C=O) groups excluding carboxylic acids is 1. The van der Waals surface area contributed by atoms with Crippen molar-refractivity contribution in [3.63, 3.8) is 0 Å². The molecule has 1 N–H and O–H groups in total. The van der Waals surface area contributed by atoms with Gasteiger partial charge < -0.3 is 5.11 Å². The number of fused-ring (bicyclic) bond motifs is 1. The lowest BCUT2D eigenvalue weighted by Gasteiger charge is -2.29. The van der Waals surface area contributed by atoms with Crippen LogP contribution in [-0.4, -0.2) is 23.6 Å². The quantitative estimate of drug-likeness (QED) is 0.600. The minimum absolute atomic E-state index is 0.190. The first-order chi connectivity index (χ1) is 11.9.